The van der Waals surface area contributed by atoms with E-state index in [0.717, 1.165) is 18.8 Å². The van der Waals surface area contributed by atoms with Crippen LogP contribution in [0.15, 0.2) is 24.3 Å². The molecular formula is C10H13O2. The van der Waals surface area contributed by atoms with Crippen LogP contribution < -0.4 is 4.74 Å². The molecule has 0 spiro atoms. The fourth-order valence-electron chi connectivity index (χ4n) is 0.780. The fraction of sp³-hybridized carbons (Fsp3) is 0.400. The van der Waals surface area contributed by atoms with Gasteiger partial charge in [-0.05, 0) is 24.6 Å². The van der Waals surface area contributed by atoms with E-state index in [0.29, 0.717) is 6.79 Å². The van der Waals surface area contributed by atoms with E-state index in [2.05, 4.69) is 13.0 Å². The second-order valence-corrected chi connectivity index (χ2v) is 2.41. The van der Waals surface area contributed by atoms with Gasteiger partial charge in [-0.15, -0.1) is 0 Å². The second-order valence-electron chi connectivity index (χ2n) is 2.41. The fourth-order valence-corrected chi connectivity index (χ4v) is 0.780. The first-order valence-electron chi connectivity index (χ1n) is 4.10. The van der Waals surface area contributed by atoms with Gasteiger partial charge < -0.3 is 9.47 Å². The molecule has 0 amide bonds. The molecule has 0 atom stereocenters. The zero-order chi connectivity index (χ0) is 8.65. The molecule has 2 heteroatoms. The largest absolute Gasteiger partial charge is 0.468 e. The highest BCUT2D eigenvalue weighted by molar-refractivity contribution is 5.19. The Balaban J connectivity index is 2.16. The Labute approximate surface area is 73.1 Å². The lowest BCUT2D eigenvalue weighted by molar-refractivity contribution is 0.0157. The summed E-state index contributed by atoms with van der Waals surface area (Å²) in [5.74, 6) is 0.800. The number of rotatable bonds is 5. The van der Waals surface area contributed by atoms with E-state index < -0.39 is 0 Å². The van der Waals surface area contributed by atoms with Gasteiger partial charge in [-0.2, -0.15) is 0 Å². The normalized spacial score (nSPS) is 9.75. The van der Waals surface area contributed by atoms with Crippen molar-refractivity contribution in [3.8, 4) is 5.75 Å². The number of hydrogen-bond donors (Lipinski definition) is 0. The molecule has 0 aromatic heterocycles. The molecule has 0 saturated carbocycles. The summed E-state index contributed by atoms with van der Waals surface area (Å²) in [6.07, 6.45) is 1.02. The van der Waals surface area contributed by atoms with E-state index in [9.17, 15) is 0 Å². The molecule has 0 unspecified atom stereocenters. The van der Waals surface area contributed by atoms with Gasteiger partial charge in [0.2, 0.25) is 0 Å². The molecule has 0 saturated heterocycles. The van der Waals surface area contributed by atoms with Crippen molar-refractivity contribution in [2.45, 2.75) is 13.3 Å². The molecule has 1 aromatic carbocycles. The summed E-state index contributed by atoms with van der Waals surface area (Å²) >= 11 is 0. The molecule has 0 aliphatic heterocycles. The third-order valence-electron chi connectivity index (χ3n) is 1.34. The van der Waals surface area contributed by atoms with Gasteiger partial charge in [-0.1, -0.05) is 19.1 Å². The minimum absolute atomic E-state index is 0.325. The van der Waals surface area contributed by atoms with E-state index in [-0.39, 0.29) is 0 Å². The first-order chi connectivity index (χ1) is 5.93. The molecule has 1 aromatic rings. The van der Waals surface area contributed by atoms with Gasteiger partial charge in [0.25, 0.3) is 0 Å². The molecule has 2 nitrogen and oxygen atoms in total. The quantitative estimate of drug-likeness (QED) is 0.492. The topological polar surface area (TPSA) is 18.5 Å². The first-order valence-corrected chi connectivity index (χ1v) is 4.10. The molecule has 1 rings (SSSR count). The van der Waals surface area contributed by atoms with Crippen molar-refractivity contribution >= 4 is 0 Å². The molecule has 12 heavy (non-hydrogen) atoms. The molecule has 0 N–H and O–H groups in total. The summed E-state index contributed by atoms with van der Waals surface area (Å²) in [6.45, 7) is 3.14. The van der Waals surface area contributed by atoms with E-state index >= 15 is 0 Å². The number of ether oxygens (including phenoxy) is 2. The van der Waals surface area contributed by atoms with Crippen LogP contribution in [0.4, 0.5) is 0 Å². The van der Waals surface area contributed by atoms with Crippen LogP contribution in [0.25, 0.3) is 0 Å². The second kappa shape index (κ2) is 5.61. The zero-order valence-corrected chi connectivity index (χ0v) is 7.25. The van der Waals surface area contributed by atoms with Gasteiger partial charge in [-0.25, -0.2) is 0 Å². The Hall–Kier alpha value is -1.02. The monoisotopic (exact) mass is 165 g/mol. The van der Waals surface area contributed by atoms with Gasteiger partial charge in [0.15, 0.2) is 6.79 Å². The van der Waals surface area contributed by atoms with Crippen LogP contribution in [-0.2, 0) is 4.74 Å². The molecule has 65 valence electrons. The minimum Gasteiger partial charge on any atom is -0.468 e. The van der Waals surface area contributed by atoms with Crippen molar-refractivity contribution in [1.82, 2.24) is 0 Å². The maximum atomic E-state index is 5.25. The van der Waals surface area contributed by atoms with E-state index in [4.69, 9.17) is 9.47 Å². The zero-order valence-electron chi connectivity index (χ0n) is 7.25. The lowest BCUT2D eigenvalue weighted by atomic mass is 10.3. The predicted octanol–water partition coefficient (Wildman–Crippen LogP) is 2.25. The Bertz CT molecular complexity index is 196. The maximum Gasteiger partial charge on any atom is 0.189 e. The van der Waals surface area contributed by atoms with Crippen LogP contribution in [0, 0.1) is 6.07 Å². The highest BCUT2D eigenvalue weighted by atomic mass is 16.7. The van der Waals surface area contributed by atoms with E-state index in [1.54, 1.807) is 6.07 Å². The van der Waals surface area contributed by atoms with Gasteiger partial charge >= 0.3 is 0 Å². The summed E-state index contributed by atoms with van der Waals surface area (Å²) in [7, 11) is 0. The van der Waals surface area contributed by atoms with Crippen LogP contribution >= 0.6 is 0 Å². The third-order valence-corrected chi connectivity index (χ3v) is 1.34. The predicted molar refractivity (Wildman–Crippen MR) is 47.0 cm³/mol. The molecule has 0 bridgehead atoms. The van der Waals surface area contributed by atoms with Crippen molar-refractivity contribution in [3.63, 3.8) is 0 Å². The molecular weight excluding hydrogens is 152 g/mol. The van der Waals surface area contributed by atoms with Crippen LogP contribution in [0.1, 0.15) is 13.3 Å². The van der Waals surface area contributed by atoms with Crippen LogP contribution in [0.5, 0.6) is 5.75 Å². The summed E-state index contributed by atoms with van der Waals surface area (Å²) < 4.78 is 10.4. The van der Waals surface area contributed by atoms with Gasteiger partial charge in [0, 0.05) is 0 Å². The van der Waals surface area contributed by atoms with Crippen molar-refractivity contribution in [1.29, 1.82) is 0 Å². The van der Waals surface area contributed by atoms with Crippen molar-refractivity contribution in [3.05, 3.63) is 30.3 Å². The smallest absolute Gasteiger partial charge is 0.189 e. The van der Waals surface area contributed by atoms with Crippen molar-refractivity contribution in [2.75, 3.05) is 13.4 Å². The molecule has 0 heterocycles. The maximum absolute atomic E-state index is 5.25. The summed E-state index contributed by atoms with van der Waals surface area (Å²) in [5, 5.41) is 0. The molecule has 0 fully saturated rings. The van der Waals surface area contributed by atoms with Crippen molar-refractivity contribution < 1.29 is 9.47 Å². The van der Waals surface area contributed by atoms with Gasteiger partial charge in [0.1, 0.15) is 5.75 Å². The average Bonchev–Trinajstić information content (AvgIpc) is 2.14. The van der Waals surface area contributed by atoms with Gasteiger partial charge in [0.05, 0.1) is 6.61 Å². The van der Waals surface area contributed by atoms with Crippen LogP contribution in [-0.4, -0.2) is 13.4 Å². The average molecular weight is 165 g/mol. The van der Waals surface area contributed by atoms with Crippen LogP contribution in [0.2, 0.25) is 0 Å². The standard InChI is InChI=1S/C10H13O2/c1-2-8-11-9-12-10-6-4-3-5-7-10/h3-4,6-7H,2,8-9H2,1H3. The van der Waals surface area contributed by atoms with Gasteiger partial charge in [-0.3, -0.25) is 0 Å². The summed E-state index contributed by atoms with van der Waals surface area (Å²) in [4.78, 5) is 0. The number of hydrogen-bond acceptors (Lipinski definition) is 2. The van der Waals surface area contributed by atoms with E-state index in [1.807, 2.05) is 18.2 Å². The molecule has 1 radical (unpaired) electrons. The third kappa shape index (κ3) is 3.39. The Morgan fingerprint density at radius 3 is 3.08 bits per heavy atom. The lowest BCUT2D eigenvalue weighted by Gasteiger charge is -2.04. The highest BCUT2D eigenvalue weighted by Gasteiger charge is 1.89. The lowest BCUT2D eigenvalue weighted by Crippen LogP contribution is -2.02. The minimum atomic E-state index is 0.325. The molecule has 0 aliphatic rings. The Kier molecular flexibility index (Phi) is 4.24. The van der Waals surface area contributed by atoms with Crippen LogP contribution in [0.3, 0.4) is 0 Å². The Morgan fingerprint density at radius 1 is 1.50 bits per heavy atom. The van der Waals surface area contributed by atoms with Crippen molar-refractivity contribution in [2.24, 2.45) is 0 Å². The molecule has 0 aliphatic carbocycles. The van der Waals surface area contributed by atoms with E-state index in [1.165, 1.54) is 0 Å². The Morgan fingerprint density at radius 2 is 2.42 bits per heavy atom. The number of benzene rings is 1. The highest BCUT2D eigenvalue weighted by Crippen LogP contribution is 2.07. The summed E-state index contributed by atoms with van der Waals surface area (Å²) in [6, 6.07) is 10.3. The SMILES string of the molecule is CCCOCOc1c[c]ccc1. The first kappa shape index (κ1) is 9.07. The summed E-state index contributed by atoms with van der Waals surface area (Å²) in [5.41, 5.74) is 0.